The van der Waals surface area contributed by atoms with E-state index in [9.17, 15) is 4.79 Å². The molecule has 1 aliphatic heterocycles. The summed E-state index contributed by atoms with van der Waals surface area (Å²) in [5, 5.41) is 0. The van der Waals surface area contributed by atoms with E-state index in [2.05, 4.69) is 17.0 Å². The lowest BCUT2D eigenvalue weighted by Gasteiger charge is -2.26. The Morgan fingerprint density at radius 1 is 1.14 bits per heavy atom. The molecule has 1 amide bonds. The summed E-state index contributed by atoms with van der Waals surface area (Å²) in [6.45, 7) is 2.55. The highest BCUT2D eigenvalue weighted by Crippen LogP contribution is 2.31. The maximum Gasteiger partial charge on any atom is 0.254 e. The maximum absolute atomic E-state index is 13.0. The Morgan fingerprint density at radius 3 is 2.68 bits per heavy atom. The molecule has 0 radical (unpaired) electrons. The fourth-order valence-corrected chi connectivity index (χ4v) is 3.82. The summed E-state index contributed by atoms with van der Waals surface area (Å²) in [5.41, 5.74) is 3.74. The van der Waals surface area contributed by atoms with Crippen molar-refractivity contribution in [2.45, 2.75) is 51.0 Å². The molecular formula is C19H25NO2. The molecule has 4 rings (SSSR count). The molecule has 1 aromatic rings. The van der Waals surface area contributed by atoms with Crippen LogP contribution < -0.4 is 0 Å². The molecule has 22 heavy (non-hydrogen) atoms. The summed E-state index contributed by atoms with van der Waals surface area (Å²) >= 11 is 0. The minimum Gasteiger partial charge on any atom is -0.381 e. The van der Waals surface area contributed by atoms with E-state index in [4.69, 9.17) is 4.74 Å². The standard InChI is InChI=1S/C19H25NO2/c21-19(17-6-5-15-3-1-2-4-16(15)11-17)20(18-7-8-18)12-14-9-10-22-13-14/h5-6,11,14,18H,1-4,7-10,12-13H2. The van der Waals surface area contributed by atoms with Gasteiger partial charge in [-0.1, -0.05) is 6.07 Å². The first-order valence-corrected chi connectivity index (χ1v) is 8.82. The predicted molar refractivity (Wildman–Crippen MR) is 86.1 cm³/mol. The molecule has 3 nitrogen and oxygen atoms in total. The maximum atomic E-state index is 13.0. The first-order chi connectivity index (χ1) is 10.8. The highest BCUT2D eigenvalue weighted by Gasteiger charge is 2.35. The number of aryl methyl sites for hydroxylation is 2. The van der Waals surface area contributed by atoms with Gasteiger partial charge in [-0.15, -0.1) is 0 Å². The molecule has 3 heteroatoms. The predicted octanol–water partition coefficient (Wildman–Crippen LogP) is 3.21. The fourth-order valence-electron chi connectivity index (χ4n) is 3.82. The summed E-state index contributed by atoms with van der Waals surface area (Å²) in [4.78, 5) is 15.1. The molecule has 1 aromatic carbocycles. The SMILES string of the molecule is O=C(c1ccc2c(c1)CCCC2)N(CC1CCOC1)C1CC1. The van der Waals surface area contributed by atoms with Crippen molar-refractivity contribution in [3.8, 4) is 0 Å². The summed E-state index contributed by atoms with van der Waals surface area (Å²) in [7, 11) is 0. The van der Waals surface area contributed by atoms with Gasteiger partial charge < -0.3 is 9.64 Å². The van der Waals surface area contributed by atoms with Crippen molar-refractivity contribution < 1.29 is 9.53 Å². The molecule has 0 bridgehead atoms. The van der Waals surface area contributed by atoms with Crippen LogP contribution in [0.5, 0.6) is 0 Å². The van der Waals surface area contributed by atoms with Crippen LogP contribution in [0, 0.1) is 5.92 Å². The monoisotopic (exact) mass is 299 g/mol. The lowest BCUT2D eigenvalue weighted by Crippen LogP contribution is -2.37. The molecular weight excluding hydrogens is 274 g/mol. The molecule has 2 aliphatic carbocycles. The first kappa shape index (κ1) is 14.3. The number of fused-ring (bicyclic) bond motifs is 1. The molecule has 1 atom stereocenters. The Hall–Kier alpha value is -1.35. The van der Waals surface area contributed by atoms with E-state index in [1.807, 2.05) is 6.07 Å². The molecule has 3 aliphatic rings. The van der Waals surface area contributed by atoms with Crippen LogP contribution in [0.15, 0.2) is 18.2 Å². The summed E-state index contributed by atoms with van der Waals surface area (Å²) in [6.07, 6.45) is 8.30. The number of amides is 1. The Morgan fingerprint density at radius 2 is 1.95 bits per heavy atom. The molecule has 0 N–H and O–H groups in total. The Labute approximate surface area is 132 Å². The van der Waals surface area contributed by atoms with Gasteiger partial charge in [0.15, 0.2) is 0 Å². The number of benzene rings is 1. The van der Waals surface area contributed by atoms with Crippen LogP contribution in [0.3, 0.4) is 0 Å². The minimum absolute atomic E-state index is 0.239. The van der Waals surface area contributed by atoms with Crippen molar-refractivity contribution in [1.29, 1.82) is 0 Å². The van der Waals surface area contributed by atoms with Gasteiger partial charge in [0.25, 0.3) is 5.91 Å². The lowest BCUT2D eigenvalue weighted by atomic mass is 9.90. The number of rotatable bonds is 4. The molecule has 2 fully saturated rings. The third-order valence-electron chi connectivity index (χ3n) is 5.32. The van der Waals surface area contributed by atoms with Crippen molar-refractivity contribution in [1.82, 2.24) is 4.90 Å². The third-order valence-corrected chi connectivity index (χ3v) is 5.32. The van der Waals surface area contributed by atoms with Gasteiger partial charge in [-0.25, -0.2) is 0 Å². The molecule has 1 saturated carbocycles. The van der Waals surface area contributed by atoms with Gasteiger partial charge in [0.2, 0.25) is 0 Å². The second-order valence-electron chi connectivity index (χ2n) is 7.11. The summed E-state index contributed by atoms with van der Waals surface area (Å²) < 4.78 is 5.48. The van der Waals surface area contributed by atoms with Crippen molar-refractivity contribution in [3.05, 3.63) is 34.9 Å². The highest BCUT2D eigenvalue weighted by atomic mass is 16.5. The van der Waals surface area contributed by atoms with E-state index in [1.165, 1.54) is 43.2 Å². The second kappa shape index (κ2) is 6.04. The average molecular weight is 299 g/mol. The Bertz CT molecular complexity index is 559. The zero-order valence-corrected chi connectivity index (χ0v) is 13.2. The van der Waals surface area contributed by atoms with Crippen LogP contribution in [-0.4, -0.2) is 36.6 Å². The van der Waals surface area contributed by atoms with E-state index >= 15 is 0 Å². The topological polar surface area (TPSA) is 29.5 Å². The smallest absolute Gasteiger partial charge is 0.254 e. The van der Waals surface area contributed by atoms with Gasteiger partial charge in [0.05, 0.1) is 6.61 Å². The number of hydrogen-bond donors (Lipinski definition) is 0. The van der Waals surface area contributed by atoms with Crippen molar-refractivity contribution in [3.63, 3.8) is 0 Å². The Balaban J connectivity index is 1.53. The second-order valence-corrected chi connectivity index (χ2v) is 7.11. The summed E-state index contributed by atoms with van der Waals surface area (Å²) in [5.74, 6) is 0.768. The first-order valence-electron chi connectivity index (χ1n) is 8.82. The van der Waals surface area contributed by atoms with E-state index in [0.717, 1.165) is 38.2 Å². The van der Waals surface area contributed by atoms with E-state index in [1.54, 1.807) is 0 Å². The van der Waals surface area contributed by atoms with Crippen molar-refractivity contribution in [2.75, 3.05) is 19.8 Å². The van der Waals surface area contributed by atoms with Gasteiger partial charge in [-0.3, -0.25) is 4.79 Å². The van der Waals surface area contributed by atoms with Crippen LogP contribution >= 0.6 is 0 Å². The lowest BCUT2D eigenvalue weighted by molar-refractivity contribution is 0.0706. The van der Waals surface area contributed by atoms with Gasteiger partial charge >= 0.3 is 0 Å². The van der Waals surface area contributed by atoms with Crippen molar-refractivity contribution >= 4 is 5.91 Å². The van der Waals surface area contributed by atoms with Crippen molar-refractivity contribution in [2.24, 2.45) is 5.92 Å². The van der Waals surface area contributed by atoms with Crippen LogP contribution in [0.25, 0.3) is 0 Å². The van der Waals surface area contributed by atoms with Crippen LogP contribution in [0.2, 0.25) is 0 Å². The van der Waals surface area contributed by atoms with Crippen LogP contribution in [0.4, 0.5) is 0 Å². The molecule has 1 heterocycles. The fraction of sp³-hybridized carbons (Fsp3) is 0.632. The highest BCUT2D eigenvalue weighted by molar-refractivity contribution is 5.95. The molecule has 118 valence electrons. The van der Waals surface area contributed by atoms with E-state index < -0.39 is 0 Å². The van der Waals surface area contributed by atoms with Gasteiger partial charge in [-0.05, 0) is 68.2 Å². The number of carbonyl (C=O) groups is 1. The van der Waals surface area contributed by atoms with Gasteiger partial charge in [0.1, 0.15) is 0 Å². The third kappa shape index (κ3) is 2.91. The van der Waals surface area contributed by atoms with Gasteiger partial charge in [0, 0.05) is 30.7 Å². The Kier molecular flexibility index (Phi) is 3.91. The van der Waals surface area contributed by atoms with E-state index in [-0.39, 0.29) is 5.91 Å². The van der Waals surface area contributed by atoms with E-state index in [0.29, 0.717) is 12.0 Å². The van der Waals surface area contributed by atoms with Crippen LogP contribution in [0.1, 0.15) is 53.6 Å². The molecule has 0 aromatic heterocycles. The largest absolute Gasteiger partial charge is 0.381 e. The number of ether oxygens (including phenoxy) is 1. The summed E-state index contributed by atoms with van der Waals surface area (Å²) in [6, 6.07) is 6.87. The molecule has 0 spiro atoms. The number of carbonyl (C=O) groups excluding carboxylic acids is 1. The minimum atomic E-state index is 0.239. The molecule has 1 unspecified atom stereocenters. The molecule has 1 saturated heterocycles. The quantitative estimate of drug-likeness (QED) is 0.854. The average Bonchev–Trinajstić information content (AvgIpc) is 3.27. The zero-order valence-electron chi connectivity index (χ0n) is 13.2. The van der Waals surface area contributed by atoms with Crippen LogP contribution in [-0.2, 0) is 17.6 Å². The normalized spacial score (nSPS) is 24.1. The zero-order chi connectivity index (χ0) is 14.9. The number of hydrogen-bond acceptors (Lipinski definition) is 2. The number of nitrogens with zero attached hydrogens (tertiary/aromatic N) is 1. The van der Waals surface area contributed by atoms with Gasteiger partial charge in [-0.2, -0.15) is 0 Å².